The summed E-state index contributed by atoms with van der Waals surface area (Å²) in [6, 6.07) is 0.115. The molecule has 0 aromatic rings. The van der Waals surface area contributed by atoms with Crippen molar-refractivity contribution in [3.05, 3.63) is 0 Å². The highest BCUT2D eigenvalue weighted by Crippen LogP contribution is 2.38. The van der Waals surface area contributed by atoms with Gasteiger partial charge < -0.3 is 10.2 Å². The quantitative estimate of drug-likeness (QED) is 0.866. The van der Waals surface area contributed by atoms with Crippen molar-refractivity contribution in [3.63, 3.8) is 0 Å². The van der Waals surface area contributed by atoms with Gasteiger partial charge in [-0.05, 0) is 24.7 Å². The first-order valence-corrected chi connectivity index (χ1v) is 8.38. The summed E-state index contributed by atoms with van der Waals surface area (Å²) in [5.74, 6) is 1.71. The van der Waals surface area contributed by atoms with Crippen LogP contribution in [0.2, 0.25) is 0 Å². The molecule has 1 N–H and O–H groups in total. The lowest BCUT2D eigenvalue weighted by Gasteiger charge is -2.39. The number of hydrogen-bond acceptors (Lipinski definition) is 2. The van der Waals surface area contributed by atoms with Crippen LogP contribution in [0.4, 0.5) is 0 Å². The number of hydrogen-bond donors (Lipinski definition) is 1. The smallest absolute Gasteiger partial charge is 0.225 e. The van der Waals surface area contributed by atoms with Crippen LogP contribution >= 0.6 is 0 Å². The molecule has 0 aromatic carbocycles. The van der Waals surface area contributed by atoms with Gasteiger partial charge in [-0.2, -0.15) is 0 Å². The molecule has 4 heteroatoms. The molecule has 1 aliphatic heterocycles. The highest BCUT2D eigenvalue weighted by atomic mass is 16.2. The summed E-state index contributed by atoms with van der Waals surface area (Å²) in [6.07, 6.45) is 5.48. The Hall–Kier alpha value is -1.06. The Morgan fingerprint density at radius 2 is 1.81 bits per heavy atom. The Kier molecular flexibility index (Phi) is 4.95. The van der Waals surface area contributed by atoms with Gasteiger partial charge >= 0.3 is 0 Å². The largest absolute Gasteiger partial charge is 0.351 e. The van der Waals surface area contributed by atoms with Gasteiger partial charge in [-0.3, -0.25) is 9.59 Å². The summed E-state index contributed by atoms with van der Waals surface area (Å²) in [6.45, 7) is 9.27. The lowest BCUT2D eigenvalue weighted by atomic mass is 9.88. The topological polar surface area (TPSA) is 49.4 Å². The zero-order chi connectivity index (χ0) is 15.6. The summed E-state index contributed by atoms with van der Waals surface area (Å²) in [7, 11) is 0. The third-order valence-corrected chi connectivity index (χ3v) is 4.57. The third kappa shape index (κ3) is 4.72. The van der Waals surface area contributed by atoms with E-state index in [9.17, 15) is 9.59 Å². The average molecular weight is 294 g/mol. The minimum Gasteiger partial charge on any atom is -0.351 e. The van der Waals surface area contributed by atoms with Crippen LogP contribution < -0.4 is 5.32 Å². The molecule has 0 bridgehead atoms. The van der Waals surface area contributed by atoms with Crippen LogP contribution in [0.15, 0.2) is 0 Å². The van der Waals surface area contributed by atoms with Crippen molar-refractivity contribution < 1.29 is 9.59 Å². The number of nitrogens with one attached hydrogen (secondary N) is 1. The van der Waals surface area contributed by atoms with E-state index < -0.39 is 0 Å². The molecule has 0 radical (unpaired) electrons. The van der Waals surface area contributed by atoms with Gasteiger partial charge in [-0.1, -0.05) is 40.5 Å². The molecule has 1 heterocycles. The maximum absolute atomic E-state index is 12.2. The van der Waals surface area contributed by atoms with E-state index >= 15 is 0 Å². The summed E-state index contributed by atoms with van der Waals surface area (Å²) in [5, 5.41) is 3.16. The summed E-state index contributed by atoms with van der Waals surface area (Å²) in [5.41, 5.74) is -0.372. The van der Waals surface area contributed by atoms with E-state index in [4.69, 9.17) is 0 Å². The molecule has 2 amide bonds. The van der Waals surface area contributed by atoms with Crippen LogP contribution in [0.3, 0.4) is 0 Å². The van der Waals surface area contributed by atoms with E-state index in [-0.39, 0.29) is 23.3 Å². The molecule has 21 heavy (non-hydrogen) atoms. The molecule has 2 atom stereocenters. The van der Waals surface area contributed by atoms with Gasteiger partial charge in [0.1, 0.15) is 0 Å². The Bertz CT molecular complexity index is 396. The number of nitrogens with zero attached hydrogens (tertiary/aromatic N) is 1. The summed E-state index contributed by atoms with van der Waals surface area (Å²) >= 11 is 0. The van der Waals surface area contributed by atoms with Crippen molar-refractivity contribution >= 4 is 11.8 Å². The Morgan fingerprint density at radius 1 is 1.14 bits per heavy atom. The van der Waals surface area contributed by atoms with E-state index in [1.807, 2.05) is 32.6 Å². The fourth-order valence-corrected chi connectivity index (χ4v) is 3.13. The molecule has 0 spiro atoms. The minimum absolute atomic E-state index is 0.0865. The molecule has 2 fully saturated rings. The van der Waals surface area contributed by atoms with Crippen LogP contribution in [-0.4, -0.2) is 35.8 Å². The van der Waals surface area contributed by atoms with Gasteiger partial charge in [0.05, 0.1) is 0 Å². The normalized spacial score (nSPS) is 26.6. The van der Waals surface area contributed by atoms with Crippen molar-refractivity contribution in [2.24, 2.45) is 17.3 Å². The first-order valence-electron chi connectivity index (χ1n) is 8.38. The predicted octanol–water partition coefficient (Wildman–Crippen LogP) is 2.58. The molecule has 2 unspecified atom stereocenters. The second kappa shape index (κ2) is 6.37. The van der Waals surface area contributed by atoms with Gasteiger partial charge in [0.25, 0.3) is 0 Å². The first kappa shape index (κ1) is 16.3. The van der Waals surface area contributed by atoms with Crippen LogP contribution in [-0.2, 0) is 9.59 Å². The number of likely N-dealkylation sites (tertiary alicyclic amines) is 1. The molecular weight excluding hydrogens is 264 g/mol. The van der Waals surface area contributed by atoms with Crippen LogP contribution in [0.5, 0.6) is 0 Å². The number of carbonyl (C=O) groups excluding carboxylic acids is 2. The van der Waals surface area contributed by atoms with Gasteiger partial charge in [0.15, 0.2) is 0 Å². The molecular formula is C17H30N2O2. The van der Waals surface area contributed by atoms with Gasteiger partial charge in [0, 0.05) is 31.0 Å². The lowest BCUT2D eigenvalue weighted by Crippen LogP contribution is -2.54. The Morgan fingerprint density at radius 3 is 2.33 bits per heavy atom. The molecule has 0 aromatic heterocycles. The van der Waals surface area contributed by atoms with E-state index in [1.54, 1.807) is 0 Å². The number of piperidine rings is 1. The van der Waals surface area contributed by atoms with Crippen molar-refractivity contribution in [2.75, 3.05) is 13.1 Å². The highest BCUT2D eigenvalue weighted by Gasteiger charge is 2.35. The maximum atomic E-state index is 12.2. The predicted molar refractivity (Wildman–Crippen MR) is 83.7 cm³/mol. The van der Waals surface area contributed by atoms with Crippen molar-refractivity contribution in [1.29, 1.82) is 0 Å². The van der Waals surface area contributed by atoms with Crippen LogP contribution in [0, 0.1) is 17.3 Å². The fraction of sp³-hybridized carbons (Fsp3) is 0.882. The maximum Gasteiger partial charge on any atom is 0.225 e. The van der Waals surface area contributed by atoms with E-state index in [1.165, 1.54) is 19.3 Å². The highest BCUT2D eigenvalue weighted by molar-refractivity contribution is 5.82. The monoisotopic (exact) mass is 294 g/mol. The van der Waals surface area contributed by atoms with Gasteiger partial charge in [-0.15, -0.1) is 0 Å². The number of carbonyl (C=O) groups is 2. The molecule has 1 aliphatic carbocycles. The molecule has 120 valence electrons. The molecule has 1 saturated heterocycles. The van der Waals surface area contributed by atoms with E-state index in [0.29, 0.717) is 18.9 Å². The first-order chi connectivity index (χ1) is 9.79. The van der Waals surface area contributed by atoms with Crippen molar-refractivity contribution in [1.82, 2.24) is 10.2 Å². The molecule has 2 aliphatic rings. The minimum atomic E-state index is -0.372. The fourth-order valence-electron chi connectivity index (χ4n) is 3.13. The molecule has 4 nitrogen and oxygen atoms in total. The average Bonchev–Trinajstić information content (AvgIpc) is 3.20. The van der Waals surface area contributed by atoms with E-state index in [2.05, 4.69) is 5.32 Å². The lowest BCUT2D eigenvalue weighted by molar-refractivity contribution is -0.136. The standard InChI is InChI=1S/C17H30N2O2/c1-5-15(20)19-10-13(8-12-6-7-12)9-14(11-19)18-16(21)17(2,3)4/h12-14H,5-11H2,1-4H3,(H,18,21). The second-order valence-electron chi connectivity index (χ2n) is 7.85. The third-order valence-electron chi connectivity index (χ3n) is 4.57. The van der Waals surface area contributed by atoms with Crippen molar-refractivity contribution in [2.45, 2.75) is 65.8 Å². The zero-order valence-electron chi connectivity index (χ0n) is 13.9. The molecule has 2 rings (SSSR count). The van der Waals surface area contributed by atoms with Crippen LogP contribution in [0.25, 0.3) is 0 Å². The van der Waals surface area contributed by atoms with E-state index in [0.717, 1.165) is 18.9 Å². The SMILES string of the molecule is CCC(=O)N1CC(CC2CC2)CC(NC(=O)C(C)(C)C)C1. The van der Waals surface area contributed by atoms with Gasteiger partial charge in [0.2, 0.25) is 11.8 Å². The number of amides is 2. The second-order valence-corrected chi connectivity index (χ2v) is 7.85. The Labute approximate surface area is 128 Å². The van der Waals surface area contributed by atoms with Crippen LogP contribution in [0.1, 0.15) is 59.8 Å². The zero-order valence-corrected chi connectivity index (χ0v) is 13.9. The molecule has 1 saturated carbocycles. The van der Waals surface area contributed by atoms with Crippen molar-refractivity contribution in [3.8, 4) is 0 Å². The Balaban J connectivity index is 1.97. The van der Waals surface area contributed by atoms with Gasteiger partial charge in [-0.25, -0.2) is 0 Å². The number of rotatable bonds is 4. The summed E-state index contributed by atoms with van der Waals surface area (Å²) in [4.78, 5) is 26.2. The summed E-state index contributed by atoms with van der Waals surface area (Å²) < 4.78 is 0.